The molecule has 0 radical (unpaired) electrons. The van der Waals surface area contributed by atoms with Crippen molar-refractivity contribution in [2.75, 3.05) is 44.8 Å². The summed E-state index contributed by atoms with van der Waals surface area (Å²) in [6, 6.07) is 20.9. The number of anilines is 1. The Kier molecular flexibility index (Phi) is 7.82. The average molecular weight is 477 g/mol. The number of piperazine rings is 1. The first-order chi connectivity index (χ1) is 17.1. The third-order valence-corrected chi connectivity index (χ3v) is 5.73. The van der Waals surface area contributed by atoms with Crippen molar-refractivity contribution in [1.82, 2.24) is 10.2 Å². The van der Waals surface area contributed by atoms with Gasteiger partial charge in [0.1, 0.15) is 17.3 Å². The lowest BCUT2D eigenvalue weighted by atomic mass is 10.2. The third-order valence-electron chi connectivity index (χ3n) is 5.73. The number of amides is 1. The SMILES string of the molecule is CCOc1ccc(N=C(NC(=O)c2ccc(OC)cc2)N2CCN(c3ccc(F)cc3)CC2)cc1. The highest BCUT2D eigenvalue weighted by Gasteiger charge is 2.22. The van der Waals surface area contributed by atoms with Crippen LogP contribution in [0.15, 0.2) is 77.8 Å². The molecule has 182 valence electrons. The first-order valence-electron chi connectivity index (χ1n) is 11.6. The van der Waals surface area contributed by atoms with Gasteiger partial charge in [-0.1, -0.05) is 0 Å². The van der Waals surface area contributed by atoms with Gasteiger partial charge in [-0.3, -0.25) is 10.1 Å². The maximum atomic E-state index is 13.3. The van der Waals surface area contributed by atoms with Crippen LogP contribution in [-0.4, -0.2) is 56.7 Å². The van der Waals surface area contributed by atoms with Crippen LogP contribution in [0.4, 0.5) is 15.8 Å². The number of guanidine groups is 1. The van der Waals surface area contributed by atoms with E-state index in [1.165, 1.54) is 12.1 Å². The largest absolute Gasteiger partial charge is 0.497 e. The van der Waals surface area contributed by atoms with Gasteiger partial charge in [0, 0.05) is 37.4 Å². The Morgan fingerprint density at radius 3 is 2.14 bits per heavy atom. The molecule has 7 nitrogen and oxygen atoms in total. The number of nitrogens with one attached hydrogen (secondary N) is 1. The fraction of sp³-hybridized carbons (Fsp3) is 0.259. The van der Waals surface area contributed by atoms with E-state index in [1.54, 1.807) is 43.5 Å². The van der Waals surface area contributed by atoms with Gasteiger partial charge in [-0.15, -0.1) is 0 Å². The zero-order chi connectivity index (χ0) is 24.6. The number of nitrogens with zero attached hydrogens (tertiary/aromatic N) is 3. The summed E-state index contributed by atoms with van der Waals surface area (Å²) in [6.07, 6.45) is 0. The van der Waals surface area contributed by atoms with Crippen molar-refractivity contribution in [2.45, 2.75) is 6.92 Å². The Balaban J connectivity index is 1.52. The molecule has 3 aromatic rings. The summed E-state index contributed by atoms with van der Waals surface area (Å²) < 4.78 is 24.0. The molecule has 1 heterocycles. The van der Waals surface area contributed by atoms with Crippen LogP contribution in [-0.2, 0) is 0 Å². The Morgan fingerprint density at radius 1 is 0.914 bits per heavy atom. The standard InChI is InChI=1S/C27H29FN4O3/c1-3-35-25-14-8-22(9-15-25)29-27(30-26(33)20-4-12-24(34-2)13-5-20)32-18-16-31(17-19-32)23-10-6-21(28)7-11-23/h4-15H,3,16-19H2,1-2H3,(H,29,30,33). The highest BCUT2D eigenvalue weighted by atomic mass is 19.1. The molecule has 1 amide bonds. The summed E-state index contributed by atoms with van der Waals surface area (Å²) in [7, 11) is 1.59. The van der Waals surface area contributed by atoms with Crippen molar-refractivity contribution in [2.24, 2.45) is 4.99 Å². The molecule has 0 unspecified atom stereocenters. The number of hydrogen-bond donors (Lipinski definition) is 1. The molecule has 35 heavy (non-hydrogen) atoms. The summed E-state index contributed by atoms with van der Waals surface area (Å²) in [4.78, 5) is 22.0. The number of aliphatic imine (C=N–C) groups is 1. The molecule has 1 fully saturated rings. The summed E-state index contributed by atoms with van der Waals surface area (Å²) >= 11 is 0. The molecule has 0 aliphatic carbocycles. The van der Waals surface area contributed by atoms with Gasteiger partial charge in [0.15, 0.2) is 0 Å². The van der Waals surface area contributed by atoms with Crippen LogP contribution in [0, 0.1) is 5.82 Å². The minimum absolute atomic E-state index is 0.251. The second-order valence-electron chi connectivity index (χ2n) is 8.00. The van der Waals surface area contributed by atoms with E-state index in [4.69, 9.17) is 14.5 Å². The van der Waals surface area contributed by atoms with Gasteiger partial charge in [-0.05, 0) is 79.7 Å². The maximum absolute atomic E-state index is 13.3. The number of carbonyl (C=O) groups excluding carboxylic acids is 1. The van der Waals surface area contributed by atoms with Crippen molar-refractivity contribution in [1.29, 1.82) is 0 Å². The maximum Gasteiger partial charge on any atom is 0.257 e. The lowest BCUT2D eigenvalue weighted by Gasteiger charge is -2.37. The normalized spacial score (nSPS) is 14.0. The highest BCUT2D eigenvalue weighted by Crippen LogP contribution is 2.21. The van der Waals surface area contributed by atoms with Crippen molar-refractivity contribution >= 4 is 23.2 Å². The molecule has 1 saturated heterocycles. The second kappa shape index (κ2) is 11.4. The van der Waals surface area contributed by atoms with Gasteiger partial charge in [0.25, 0.3) is 5.91 Å². The lowest BCUT2D eigenvalue weighted by Crippen LogP contribution is -2.53. The smallest absolute Gasteiger partial charge is 0.257 e. The monoisotopic (exact) mass is 476 g/mol. The molecule has 0 bridgehead atoms. The number of carbonyl (C=O) groups is 1. The quantitative estimate of drug-likeness (QED) is 0.420. The highest BCUT2D eigenvalue weighted by molar-refractivity contribution is 6.06. The van der Waals surface area contributed by atoms with E-state index in [0.717, 1.165) is 11.4 Å². The van der Waals surface area contributed by atoms with Crippen LogP contribution in [0.3, 0.4) is 0 Å². The van der Waals surface area contributed by atoms with Crippen LogP contribution in [0.25, 0.3) is 0 Å². The average Bonchev–Trinajstić information content (AvgIpc) is 2.90. The number of hydrogen-bond acceptors (Lipinski definition) is 5. The molecule has 0 aromatic heterocycles. The van der Waals surface area contributed by atoms with Crippen molar-refractivity contribution < 1.29 is 18.7 Å². The Hall–Kier alpha value is -4.07. The van der Waals surface area contributed by atoms with E-state index < -0.39 is 0 Å². The van der Waals surface area contributed by atoms with E-state index in [1.807, 2.05) is 31.2 Å². The molecule has 3 aromatic carbocycles. The van der Waals surface area contributed by atoms with Gasteiger partial charge >= 0.3 is 0 Å². The zero-order valence-electron chi connectivity index (χ0n) is 19.9. The molecule has 1 aliphatic rings. The third kappa shape index (κ3) is 6.29. The molecule has 0 spiro atoms. The van der Waals surface area contributed by atoms with E-state index >= 15 is 0 Å². The number of methoxy groups -OCH3 is 1. The Morgan fingerprint density at radius 2 is 1.54 bits per heavy atom. The number of halogens is 1. The van der Waals surface area contributed by atoms with Crippen molar-refractivity contribution in [3.05, 3.63) is 84.2 Å². The molecule has 0 atom stereocenters. The lowest BCUT2D eigenvalue weighted by molar-refractivity contribution is 0.0971. The minimum Gasteiger partial charge on any atom is -0.497 e. The molecule has 4 rings (SSSR count). The van der Waals surface area contributed by atoms with Gasteiger partial charge in [-0.25, -0.2) is 9.38 Å². The van der Waals surface area contributed by atoms with Gasteiger partial charge in [0.05, 0.1) is 19.4 Å². The van der Waals surface area contributed by atoms with Crippen LogP contribution in [0.1, 0.15) is 17.3 Å². The minimum atomic E-state index is -0.252. The predicted molar refractivity (Wildman–Crippen MR) is 135 cm³/mol. The van der Waals surface area contributed by atoms with Crippen LogP contribution >= 0.6 is 0 Å². The summed E-state index contributed by atoms with van der Waals surface area (Å²) in [5, 5.41) is 2.99. The summed E-state index contributed by atoms with van der Waals surface area (Å²) in [5.74, 6) is 1.43. The zero-order valence-corrected chi connectivity index (χ0v) is 19.9. The van der Waals surface area contributed by atoms with Crippen LogP contribution in [0.2, 0.25) is 0 Å². The van der Waals surface area contributed by atoms with Gasteiger partial charge in [-0.2, -0.15) is 0 Å². The summed E-state index contributed by atoms with van der Waals surface area (Å²) in [5.41, 5.74) is 2.19. The number of rotatable bonds is 6. The summed E-state index contributed by atoms with van der Waals surface area (Å²) in [6.45, 7) is 5.25. The number of benzene rings is 3. The Bertz CT molecular complexity index is 1140. The molecule has 8 heteroatoms. The van der Waals surface area contributed by atoms with Gasteiger partial charge in [0.2, 0.25) is 5.96 Å². The predicted octanol–water partition coefficient (Wildman–Crippen LogP) is 4.47. The van der Waals surface area contributed by atoms with Crippen molar-refractivity contribution in [3.8, 4) is 11.5 Å². The topological polar surface area (TPSA) is 66.4 Å². The fourth-order valence-electron chi connectivity index (χ4n) is 3.83. The molecule has 0 saturated carbocycles. The molecular formula is C27H29FN4O3. The van der Waals surface area contributed by atoms with Crippen LogP contribution in [0.5, 0.6) is 11.5 Å². The van der Waals surface area contributed by atoms with E-state index in [0.29, 0.717) is 55.7 Å². The second-order valence-corrected chi connectivity index (χ2v) is 8.00. The molecular weight excluding hydrogens is 447 g/mol. The van der Waals surface area contributed by atoms with Crippen molar-refractivity contribution in [3.63, 3.8) is 0 Å². The number of ether oxygens (including phenoxy) is 2. The first kappa shape index (κ1) is 24.1. The van der Waals surface area contributed by atoms with E-state index in [-0.39, 0.29) is 11.7 Å². The Labute approximate surface area is 204 Å². The fourth-order valence-corrected chi connectivity index (χ4v) is 3.83. The van der Waals surface area contributed by atoms with E-state index in [2.05, 4.69) is 15.1 Å². The first-order valence-corrected chi connectivity index (χ1v) is 11.6. The molecule has 1 aliphatic heterocycles. The van der Waals surface area contributed by atoms with Gasteiger partial charge < -0.3 is 19.3 Å². The van der Waals surface area contributed by atoms with Crippen LogP contribution < -0.4 is 19.7 Å². The molecule has 1 N–H and O–H groups in total. The van der Waals surface area contributed by atoms with E-state index in [9.17, 15) is 9.18 Å².